The number of nitrogens with zero attached hydrogens (tertiary/aromatic N) is 1. The number of hydrogen-bond acceptors (Lipinski definition) is 4. The molecule has 1 atom stereocenters. The highest BCUT2D eigenvalue weighted by atomic mass is 19.1. The second kappa shape index (κ2) is 5.83. The lowest BCUT2D eigenvalue weighted by Crippen LogP contribution is -2.33. The lowest BCUT2D eigenvalue weighted by Gasteiger charge is -2.14. The first-order chi connectivity index (χ1) is 11.0. The third-order valence-electron chi connectivity index (χ3n) is 3.79. The number of benzene rings is 1. The van der Waals surface area contributed by atoms with Crippen molar-refractivity contribution in [1.29, 1.82) is 0 Å². The van der Waals surface area contributed by atoms with E-state index in [1.54, 1.807) is 0 Å². The van der Waals surface area contributed by atoms with Gasteiger partial charge in [0.15, 0.2) is 6.04 Å². The van der Waals surface area contributed by atoms with Crippen LogP contribution in [0.4, 0.5) is 4.39 Å². The molecular formula is C16H15FN2O4. The Bertz CT molecular complexity index is 767. The van der Waals surface area contributed by atoms with E-state index in [2.05, 4.69) is 10.5 Å². The van der Waals surface area contributed by atoms with Crippen molar-refractivity contribution < 1.29 is 23.6 Å². The van der Waals surface area contributed by atoms with Crippen LogP contribution >= 0.6 is 0 Å². The molecule has 1 unspecified atom stereocenters. The zero-order chi connectivity index (χ0) is 16.6. The van der Waals surface area contributed by atoms with Gasteiger partial charge in [-0.25, -0.2) is 9.18 Å². The molecule has 0 aliphatic heterocycles. The molecule has 6 nitrogen and oxygen atoms in total. The quantitative estimate of drug-likeness (QED) is 0.884. The Labute approximate surface area is 131 Å². The Morgan fingerprint density at radius 2 is 2.13 bits per heavy atom. The van der Waals surface area contributed by atoms with Crippen LogP contribution in [0.2, 0.25) is 0 Å². The maximum atomic E-state index is 13.3. The van der Waals surface area contributed by atoms with Crippen molar-refractivity contribution in [2.45, 2.75) is 31.7 Å². The van der Waals surface area contributed by atoms with E-state index in [4.69, 9.17) is 4.52 Å². The Morgan fingerprint density at radius 1 is 1.39 bits per heavy atom. The number of aryl methyl sites for hydroxylation is 1. The van der Waals surface area contributed by atoms with Crippen molar-refractivity contribution in [2.24, 2.45) is 0 Å². The number of carbonyl (C=O) groups is 2. The van der Waals surface area contributed by atoms with E-state index < -0.39 is 23.7 Å². The summed E-state index contributed by atoms with van der Waals surface area (Å²) in [6.45, 7) is 1.53. The van der Waals surface area contributed by atoms with Crippen molar-refractivity contribution in [3.8, 4) is 0 Å². The van der Waals surface area contributed by atoms with Gasteiger partial charge < -0.3 is 14.9 Å². The van der Waals surface area contributed by atoms with Crippen LogP contribution in [0.3, 0.4) is 0 Å². The molecule has 0 radical (unpaired) electrons. The van der Waals surface area contributed by atoms with E-state index in [-0.39, 0.29) is 11.3 Å². The van der Waals surface area contributed by atoms with Crippen molar-refractivity contribution in [3.63, 3.8) is 0 Å². The van der Waals surface area contributed by atoms with E-state index in [1.807, 2.05) is 0 Å². The number of amides is 1. The van der Waals surface area contributed by atoms with Crippen molar-refractivity contribution in [1.82, 2.24) is 10.5 Å². The average molecular weight is 318 g/mol. The molecule has 1 aromatic carbocycles. The minimum atomic E-state index is -1.30. The predicted molar refractivity (Wildman–Crippen MR) is 77.5 cm³/mol. The van der Waals surface area contributed by atoms with Gasteiger partial charge in [0.05, 0.1) is 5.69 Å². The molecule has 1 amide bonds. The van der Waals surface area contributed by atoms with Gasteiger partial charge in [0.25, 0.3) is 5.91 Å². The van der Waals surface area contributed by atoms with Gasteiger partial charge in [-0.15, -0.1) is 0 Å². The summed E-state index contributed by atoms with van der Waals surface area (Å²) in [5.41, 5.74) is 1.30. The molecule has 23 heavy (non-hydrogen) atoms. The van der Waals surface area contributed by atoms with Crippen LogP contribution in [0, 0.1) is 12.7 Å². The number of aliphatic carboxylic acids is 1. The molecule has 0 spiro atoms. The van der Waals surface area contributed by atoms with Crippen LogP contribution in [0.5, 0.6) is 0 Å². The Hall–Kier alpha value is -2.70. The van der Waals surface area contributed by atoms with Crippen LogP contribution < -0.4 is 5.32 Å². The predicted octanol–water partition coefficient (Wildman–Crippen LogP) is 2.56. The normalized spacial score (nSPS) is 15.2. The zero-order valence-corrected chi connectivity index (χ0v) is 12.4. The number of carboxylic acids is 1. The first-order valence-corrected chi connectivity index (χ1v) is 7.22. The summed E-state index contributed by atoms with van der Waals surface area (Å²) in [6.07, 6.45) is 2.03. The monoisotopic (exact) mass is 318 g/mol. The first-order valence-electron chi connectivity index (χ1n) is 7.22. The van der Waals surface area contributed by atoms with Gasteiger partial charge in [-0.1, -0.05) is 17.3 Å². The summed E-state index contributed by atoms with van der Waals surface area (Å²) in [7, 11) is 0. The molecule has 1 saturated carbocycles. The molecule has 1 aliphatic carbocycles. The van der Waals surface area contributed by atoms with E-state index in [9.17, 15) is 19.1 Å². The zero-order valence-electron chi connectivity index (χ0n) is 12.4. The molecule has 3 rings (SSSR count). The van der Waals surface area contributed by atoms with Gasteiger partial charge in [-0.2, -0.15) is 0 Å². The van der Waals surface area contributed by atoms with Crippen LogP contribution in [0.15, 0.2) is 28.8 Å². The molecule has 2 aromatic rings. The molecule has 2 N–H and O–H groups in total. The number of hydrogen-bond donors (Lipinski definition) is 2. The molecule has 1 heterocycles. The average Bonchev–Trinajstić information content (AvgIpc) is 3.24. The summed E-state index contributed by atoms with van der Waals surface area (Å²) in [6, 6.07) is 4.13. The number of rotatable bonds is 5. The SMILES string of the molecule is Cc1cc(C(NC(=O)c2cc(C3CC3)no2)C(=O)O)ccc1F. The van der Waals surface area contributed by atoms with Crippen LogP contribution in [-0.4, -0.2) is 22.1 Å². The number of halogens is 1. The summed E-state index contributed by atoms with van der Waals surface area (Å²) in [4.78, 5) is 23.6. The summed E-state index contributed by atoms with van der Waals surface area (Å²) >= 11 is 0. The van der Waals surface area contributed by atoms with Gasteiger partial charge in [0.2, 0.25) is 5.76 Å². The second-order valence-corrected chi connectivity index (χ2v) is 5.64. The van der Waals surface area contributed by atoms with Crippen LogP contribution in [0.1, 0.15) is 52.2 Å². The topological polar surface area (TPSA) is 92.4 Å². The maximum Gasteiger partial charge on any atom is 0.330 e. The van der Waals surface area contributed by atoms with Gasteiger partial charge in [-0.3, -0.25) is 4.79 Å². The number of aromatic nitrogens is 1. The van der Waals surface area contributed by atoms with Gasteiger partial charge in [0.1, 0.15) is 5.82 Å². The molecule has 0 saturated heterocycles. The first kappa shape index (κ1) is 15.2. The molecule has 1 aliphatic rings. The van der Waals surface area contributed by atoms with Gasteiger partial charge in [-0.05, 0) is 37.0 Å². The number of nitrogens with one attached hydrogen (secondary N) is 1. The second-order valence-electron chi connectivity index (χ2n) is 5.64. The van der Waals surface area contributed by atoms with Gasteiger partial charge >= 0.3 is 5.97 Å². The molecule has 1 fully saturated rings. The highest BCUT2D eigenvalue weighted by Gasteiger charge is 2.30. The summed E-state index contributed by atoms with van der Waals surface area (Å²) in [5, 5.41) is 15.5. The molecule has 0 bridgehead atoms. The minimum Gasteiger partial charge on any atom is -0.479 e. The van der Waals surface area contributed by atoms with E-state index in [0.29, 0.717) is 17.2 Å². The summed E-state index contributed by atoms with van der Waals surface area (Å²) < 4.78 is 18.3. The fourth-order valence-corrected chi connectivity index (χ4v) is 2.30. The Morgan fingerprint density at radius 3 is 2.74 bits per heavy atom. The lowest BCUT2D eigenvalue weighted by atomic mass is 10.0. The smallest absolute Gasteiger partial charge is 0.330 e. The minimum absolute atomic E-state index is 0.0306. The van der Waals surface area contributed by atoms with Crippen molar-refractivity contribution in [3.05, 3.63) is 52.7 Å². The maximum absolute atomic E-state index is 13.3. The fourth-order valence-electron chi connectivity index (χ4n) is 2.30. The third-order valence-corrected chi connectivity index (χ3v) is 3.79. The molecule has 7 heteroatoms. The third kappa shape index (κ3) is 3.23. The highest BCUT2D eigenvalue weighted by molar-refractivity contribution is 5.94. The van der Waals surface area contributed by atoms with Crippen molar-refractivity contribution in [2.75, 3.05) is 0 Å². The highest BCUT2D eigenvalue weighted by Crippen LogP contribution is 2.39. The van der Waals surface area contributed by atoms with E-state index in [1.165, 1.54) is 31.2 Å². The number of carboxylic acid groups (broad SMARTS) is 1. The van der Waals surface area contributed by atoms with Gasteiger partial charge in [0, 0.05) is 12.0 Å². The Balaban J connectivity index is 1.79. The molecular weight excluding hydrogens is 303 g/mol. The lowest BCUT2D eigenvalue weighted by molar-refractivity contribution is -0.139. The molecule has 120 valence electrons. The summed E-state index contributed by atoms with van der Waals surface area (Å²) in [5.74, 6) is -2.05. The van der Waals surface area contributed by atoms with Crippen molar-refractivity contribution >= 4 is 11.9 Å². The largest absolute Gasteiger partial charge is 0.479 e. The number of carbonyl (C=O) groups excluding carboxylic acids is 1. The van der Waals surface area contributed by atoms with E-state index >= 15 is 0 Å². The Kier molecular flexibility index (Phi) is 3.85. The van der Waals surface area contributed by atoms with Crippen LogP contribution in [-0.2, 0) is 4.79 Å². The van der Waals surface area contributed by atoms with E-state index in [0.717, 1.165) is 12.8 Å². The fraction of sp³-hybridized carbons (Fsp3) is 0.312. The van der Waals surface area contributed by atoms with Crippen LogP contribution in [0.25, 0.3) is 0 Å². The standard InChI is InChI=1S/C16H15FN2O4/c1-8-6-10(4-5-11(8)17)14(16(21)22)18-15(20)13-7-12(19-23-13)9-2-3-9/h4-7,9,14H,2-3H2,1H3,(H,18,20)(H,21,22). The molecule has 1 aromatic heterocycles.